The lowest BCUT2D eigenvalue weighted by atomic mass is 9.93. The van der Waals surface area contributed by atoms with Gasteiger partial charge in [0.1, 0.15) is 11.9 Å². The topological polar surface area (TPSA) is 91.2 Å². The maximum absolute atomic E-state index is 13.4. The highest BCUT2D eigenvalue weighted by atomic mass is 16.2. The van der Waals surface area contributed by atoms with Crippen molar-refractivity contribution in [3.05, 3.63) is 95.6 Å². The van der Waals surface area contributed by atoms with E-state index in [1.165, 1.54) is 0 Å². The zero-order valence-corrected chi connectivity index (χ0v) is 18.7. The number of hydrogen-bond acceptors (Lipinski definition) is 5. The summed E-state index contributed by atoms with van der Waals surface area (Å²) in [5.41, 5.74) is 3.63. The predicted octanol–water partition coefficient (Wildman–Crippen LogP) is 4.41. The second-order valence-corrected chi connectivity index (χ2v) is 8.27. The second-order valence-electron chi connectivity index (χ2n) is 8.27. The quantitative estimate of drug-likeness (QED) is 0.600. The molecule has 2 aliphatic heterocycles. The average Bonchev–Trinajstić information content (AvgIpc) is 3.01. The molecule has 7 heteroatoms. The molecule has 34 heavy (non-hydrogen) atoms. The molecule has 1 N–H and O–H groups in total. The van der Waals surface area contributed by atoms with Gasteiger partial charge >= 0.3 is 0 Å². The number of rotatable bonds is 3. The molecule has 0 aromatic heterocycles. The molecule has 0 fully saturated rings. The Bertz CT molecular complexity index is 1340. The van der Waals surface area contributed by atoms with E-state index in [1.807, 2.05) is 61.5 Å². The number of para-hydroxylation sites is 2. The Morgan fingerprint density at radius 1 is 0.824 bits per heavy atom. The van der Waals surface area contributed by atoms with Gasteiger partial charge in [0.2, 0.25) is 5.91 Å². The molecule has 168 valence electrons. The van der Waals surface area contributed by atoms with Gasteiger partial charge in [-0.15, -0.1) is 0 Å². The number of amidine groups is 1. The smallest absolute Gasteiger partial charge is 0.262 e. The van der Waals surface area contributed by atoms with E-state index < -0.39 is 29.7 Å². The van der Waals surface area contributed by atoms with Crippen molar-refractivity contribution >= 4 is 40.6 Å². The Balaban J connectivity index is 1.50. The molecular weight excluding hydrogens is 428 g/mol. The summed E-state index contributed by atoms with van der Waals surface area (Å²) in [5, 5.41) is 2.91. The molecule has 2 heterocycles. The van der Waals surface area contributed by atoms with Crippen LogP contribution in [-0.4, -0.2) is 40.2 Å². The van der Waals surface area contributed by atoms with Crippen LogP contribution in [0.4, 0.5) is 11.4 Å². The third-order valence-electron chi connectivity index (χ3n) is 6.09. The van der Waals surface area contributed by atoms with Gasteiger partial charge in [0.25, 0.3) is 11.8 Å². The normalized spacial score (nSPS) is 17.8. The number of amides is 3. The van der Waals surface area contributed by atoms with Crippen molar-refractivity contribution in [3.63, 3.8) is 0 Å². The van der Waals surface area contributed by atoms with Crippen molar-refractivity contribution in [2.45, 2.75) is 25.8 Å². The zero-order chi connectivity index (χ0) is 23.8. The van der Waals surface area contributed by atoms with Crippen molar-refractivity contribution in [1.82, 2.24) is 10.2 Å². The first kappa shape index (κ1) is 21.5. The molecule has 2 atom stereocenters. The number of aliphatic imine (C=N–C) groups is 2. The van der Waals surface area contributed by atoms with Gasteiger partial charge in [0.05, 0.1) is 28.4 Å². The highest BCUT2D eigenvalue weighted by Gasteiger charge is 2.41. The number of hydrogen-bond donors (Lipinski definition) is 1. The first-order chi connectivity index (χ1) is 16.5. The van der Waals surface area contributed by atoms with Crippen LogP contribution in [0, 0.1) is 0 Å². The summed E-state index contributed by atoms with van der Waals surface area (Å²) in [6.07, 6.45) is 0. The first-order valence-electron chi connectivity index (χ1n) is 11.0. The Morgan fingerprint density at radius 3 is 1.97 bits per heavy atom. The highest BCUT2D eigenvalue weighted by Crippen LogP contribution is 2.34. The van der Waals surface area contributed by atoms with E-state index in [9.17, 15) is 14.4 Å². The van der Waals surface area contributed by atoms with E-state index in [1.54, 1.807) is 31.2 Å². The Kier molecular flexibility index (Phi) is 5.37. The average molecular weight is 450 g/mol. The van der Waals surface area contributed by atoms with E-state index in [0.717, 1.165) is 16.2 Å². The Labute approximate surface area is 196 Å². The summed E-state index contributed by atoms with van der Waals surface area (Å²) in [7, 11) is 0. The van der Waals surface area contributed by atoms with Crippen LogP contribution in [0.3, 0.4) is 0 Å². The number of carbonyl (C=O) groups excluding carboxylic acids is 3. The maximum Gasteiger partial charge on any atom is 0.262 e. The molecular formula is C27H22N4O3. The largest absolute Gasteiger partial charge is 0.312 e. The standard InChI is InChI=1S/C27H22N4O3/c1-16-23(18-10-4-3-5-11-18)24(29-22-15-9-8-14-21(22)28-16)30-25(32)17(2)31-26(33)19-12-6-7-13-20(19)27(31)34/h3-15,17,23H,1-2H3,(H,29,30,32)/t17-,23+/m1/s1. The minimum atomic E-state index is -1.03. The summed E-state index contributed by atoms with van der Waals surface area (Å²) in [5.74, 6) is -1.46. The molecule has 5 rings (SSSR count). The van der Waals surface area contributed by atoms with Crippen molar-refractivity contribution in [1.29, 1.82) is 0 Å². The van der Waals surface area contributed by atoms with Gasteiger partial charge < -0.3 is 5.32 Å². The molecule has 2 aliphatic rings. The number of carbonyl (C=O) groups is 3. The fourth-order valence-electron chi connectivity index (χ4n) is 4.35. The number of fused-ring (bicyclic) bond motifs is 2. The van der Waals surface area contributed by atoms with Crippen molar-refractivity contribution < 1.29 is 14.4 Å². The van der Waals surface area contributed by atoms with Crippen molar-refractivity contribution in [2.75, 3.05) is 0 Å². The number of nitrogens with zero attached hydrogens (tertiary/aromatic N) is 3. The minimum absolute atomic E-state index is 0.304. The van der Waals surface area contributed by atoms with Gasteiger partial charge in [-0.1, -0.05) is 54.6 Å². The van der Waals surface area contributed by atoms with Crippen LogP contribution in [0.5, 0.6) is 0 Å². The third kappa shape index (κ3) is 3.61. The highest BCUT2D eigenvalue weighted by molar-refractivity contribution is 6.24. The van der Waals surface area contributed by atoms with Gasteiger partial charge in [-0.2, -0.15) is 0 Å². The van der Waals surface area contributed by atoms with Crippen LogP contribution in [-0.2, 0) is 4.79 Å². The van der Waals surface area contributed by atoms with Gasteiger partial charge in [-0.05, 0) is 43.7 Å². The SMILES string of the molecule is CC1=Nc2ccccc2N=C(NC(=O)[C@@H](C)N2C(=O)c3ccccc3C2=O)[C@@H]1c1ccccc1. The van der Waals surface area contributed by atoms with Crippen LogP contribution in [0.1, 0.15) is 46.0 Å². The Morgan fingerprint density at radius 2 is 1.35 bits per heavy atom. The van der Waals surface area contributed by atoms with Crippen LogP contribution in [0.2, 0.25) is 0 Å². The number of benzene rings is 3. The summed E-state index contributed by atoms with van der Waals surface area (Å²) in [6, 6.07) is 22.7. The van der Waals surface area contributed by atoms with E-state index >= 15 is 0 Å². The lowest BCUT2D eigenvalue weighted by molar-refractivity contribution is -0.123. The molecule has 0 saturated carbocycles. The maximum atomic E-state index is 13.4. The Hall–Kier alpha value is -4.39. The molecule has 0 radical (unpaired) electrons. The fraction of sp³-hybridized carbons (Fsp3) is 0.148. The van der Waals surface area contributed by atoms with E-state index in [2.05, 4.69) is 5.32 Å². The first-order valence-corrected chi connectivity index (χ1v) is 11.0. The van der Waals surface area contributed by atoms with Crippen molar-refractivity contribution in [2.24, 2.45) is 9.98 Å². The predicted molar refractivity (Wildman–Crippen MR) is 130 cm³/mol. The van der Waals surface area contributed by atoms with E-state index in [4.69, 9.17) is 9.98 Å². The van der Waals surface area contributed by atoms with Gasteiger partial charge in [0.15, 0.2) is 0 Å². The fourth-order valence-corrected chi connectivity index (χ4v) is 4.35. The second kappa shape index (κ2) is 8.51. The van der Waals surface area contributed by atoms with E-state index in [-0.39, 0.29) is 0 Å². The lowest BCUT2D eigenvalue weighted by Crippen LogP contribution is -2.50. The summed E-state index contributed by atoms with van der Waals surface area (Å²) in [4.78, 5) is 49.6. The summed E-state index contributed by atoms with van der Waals surface area (Å²) < 4.78 is 0. The molecule has 0 bridgehead atoms. The monoisotopic (exact) mass is 450 g/mol. The van der Waals surface area contributed by atoms with Crippen molar-refractivity contribution in [3.8, 4) is 0 Å². The van der Waals surface area contributed by atoms with Crippen LogP contribution >= 0.6 is 0 Å². The lowest BCUT2D eigenvalue weighted by Gasteiger charge is -2.24. The van der Waals surface area contributed by atoms with Gasteiger partial charge in [-0.25, -0.2) is 4.99 Å². The molecule has 0 spiro atoms. The minimum Gasteiger partial charge on any atom is -0.312 e. The molecule has 3 amide bonds. The van der Waals surface area contributed by atoms with Crippen LogP contribution < -0.4 is 5.32 Å². The summed E-state index contributed by atoms with van der Waals surface area (Å²) >= 11 is 0. The van der Waals surface area contributed by atoms with Gasteiger partial charge in [0, 0.05) is 5.71 Å². The van der Waals surface area contributed by atoms with Crippen LogP contribution in [0.25, 0.3) is 0 Å². The van der Waals surface area contributed by atoms with Crippen LogP contribution in [0.15, 0.2) is 88.8 Å². The molecule has 7 nitrogen and oxygen atoms in total. The van der Waals surface area contributed by atoms with Gasteiger partial charge in [-0.3, -0.25) is 24.3 Å². The zero-order valence-electron chi connectivity index (χ0n) is 18.7. The molecule has 3 aromatic rings. The number of imide groups is 1. The molecule has 0 saturated heterocycles. The molecule has 0 unspecified atom stereocenters. The number of nitrogens with one attached hydrogen (secondary N) is 1. The third-order valence-corrected chi connectivity index (χ3v) is 6.09. The van der Waals surface area contributed by atoms with E-state index in [0.29, 0.717) is 28.3 Å². The molecule has 0 aliphatic carbocycles. The molecule has 3 aromatic carbocycles. The summed E-state index contributed by atoms with van der Waals surface area (Å²) in [6.45, 7) is 3.44.